The second-order valence-corrected chi connectivity index (χ2v) is 8.97. The number of hydrogen-bond acceptors (Lipinski definition) is 10. The van der Waals surface area contributed by atoms with Gasteiger partial charge in [-0.15, -0.1) is 4.86 Å². The second kappa shape index (κ2) is 7.27. The molecule has 1 fully saturated rings. The highest BCUT2D eigenvalue weighted by Gasteiger charge is 2.45. The molecule has 3 heterocycles. The van der Waals surface area contributed by atoms with Crippen LogP contribution in [0.4, 0.5) is 5.95 Å². The van der Waals surface area contributed by atoms with E-state index in [-0.39, 0.29) is 17.1 Å². The number of anilines is 1. The molecule has 16 nitrogen and oxygen atoms in total. The molecule has 5 atom stereocenters. The Balaban J connectivity index is 1.79. The van der Waals surface area contributed by atoms with Gasteiger partial charge in [0, 0.05) is 0 Å². The number of nitrogens with one attached hydrogen (secondary N) is 2. The average Bonchev–Trinajstić information content (AvgIpc) is 3.06. The predicted octanol–water partition coefficient (Wildman–Crippen LogP) is -2.88. The SMILES string of the molecule is Nc1nc2c(ncn2C2O[C@H](COP(=O)(O)NP(=O)(O)O)[C@@H](O)[C@H]2O)c(=O)[nH]1. The summed E-state index contributed by atoms with van der Waals surface area (Å²) in [5, 5.41) is 20.3. The molecule has 9 N–H and O–H groups in total. The minimum absolute atomic E-state index is 0.0462. The van der Waals surface area contributed by atoms with Crippen LogP contribution < -0.4 is 16.2 Å². The van der Waals surface area contributed by atoms with Crippen molar-refractivity contribution in [2.75, 3.05) is 12.3 Å². The first-order chi connectivity index (χ1) is 12.9. The summed E-state index contributed by atoms with van der Waals surface area (Å²) in [6, 6.07) is 0. The van der Waals surface area contributed by atoms with Gasteiger partial charge in [0.2, 0.25) is 5.95 Å². The summed E-state index contributed by atoms with van der Waals surface area (Å²) in [6.45, 7) is -0.807. The molecule has 3 rings (SSSR count). The van der Waals surface area contributed by atoms with Crippen LogP contribution in [-0.2, 0) is 18.4 Å². The molecule has 0 radical (unpaired) electrons. The Labute approximate surface area is 154 Å². The number of hydrogen-bond donors (Lipinski definition) is 8. The Kier molecular flexibility index (Phi) is 5.46. The lowest BCUT2D eigenvalue weighted by Gasteiger charge is -2.18. The van der Waals surface area contributed by atoms with E-state index in [0.29, 0.717) is 0 Å². The van der Waals surface area contributed by atoms with E-state index in [9.17, 15) is 29.0 Å². The van der Waals surface area contributed by atoms with Crippen molar-refractivity contribution in [1.82, 2.24) is 24.4 Å². The highest BCUT2D eigenvalue weighted by atomic mass is 31.3. The Hall–Kier alpha value is -1.71. The fraction of sp³-hybridized carbons (Fsp3) is 0.500. The zero-order valence-corrected chi connectivity index (χ0v) is 15.5. The van der Waals surface area contributed by atoms with E-state index in [4.69, 9.17) is 20.3 Å². The first-order valence-corrected chi connectivity index (χ1v) is 10.6. The topological polar surface area (TPSA) is 255 Å². The summed E-state index contributed by atoms with van der Waals surface area (Å²) in [7, 11) is -9.99. The lowest BCUT2D eigenvalue weighted by atomic mass is 10.1. The second-order valence-electron chi connectivity index (χ2n) is 5.78. The zero-order chi connectivity index (χ0) is 20.9. The predicted molar refractivity (Wildman–Crippen MR) is 89.4 cm³/mol. The quantitative estimate of drug-likeness (QED) is 0.209. The van der Waals surface area contributed by atoms with Crippen LogP contribution in [0.2, 0.25) is 0 Å². The van der Waals surface area contributed by atoms with Gasteiger partial charge < -0.3 is 35.4 Å². The molecule has 28 heavy (non-hydrogen) atoms. The van der Waals surface area contributed by atoms with Crippen LogP contribution in [-0.4, -0.2) is 69.3 Å². The van der Waals surface area contributed by atoms with Crippen LogP contribution in [0.15, 0.2) is 11.1 Å². The number of H-pyrrole nitrogens is 1. The van der Waals surface area contributed by atoms with Gasteiger partial charge in [0.1, 0.15) is 18.3 Å². The fourth-order valence-electron chi connectivity index (χ4n) is 2.59. The molecule has 2 aromatic rings. The number of aromatic amines is 1. The third-order valence-electron chi connectivity index (χ3n) is 3.73. The van der Waals surface area contributed by atoms with E-state index in [0.717, 1.165) is 15.8 Å². The smallest absolute Gasteiger partial charge is 0.387 e. The van der Waals surface area contributed by atoms with E-state index in [1.807, 2.05) is 0 Å². The third-order valence-corrected chi connectivity index (χ3v) is 6.28. The minimum Gasteiger partial charge on any atom is -0.387 e. The molecule has 1 saturated heterocycles. The van der Waals surface area contributed by atoms with Crippen molar-refractivity contribution in [3.63, 3.8) is 0 Å². The maximum absolute atomic E-state index is 11.8. The van der Waals surface area contributed by atoms with E-state index >= 15 is 0 Å². The lowest BCUT2D eigenvalue weighted by Crippen LogP contribution is -2.34. The van der Waals surface area contributed by atoms with Crippen LogP contribution in [0.5, 0.6) is 0 Å². The number of aliphatic hydroxyl groups excluding tert-OH is 2. The standard InChI is InChI=1S/C10H16N6O10P2/c11-10-13-7-4(8(19)14-10)12-2-16(7)9-6(18)5(17)3(26-9)1-25-28(23,24)15-27(20,21)22/h2-3,5-6,9,17-18H,1H2,(H3,11,13,14,19)(H4,15,20,21,22,23,24)/t3-,5-,6-,9?/m1/s1. The summed E-state index contributed by atoms with van der Waals surface area (Å²) in [5.74, 6) is -0.225. The molecule has 0 spiro atoms. The lowest BCUT2D eigenvalue weighted by molar-refractivity contribution is -0.0486. The molecule has 1 aliphatic heterocycles. The van der Waals surface area contributed by atoms with Gasteiger partial charge in [0.05, 0.1) is 12.9 Å². The number of nitrogen functional groups attached to an aromatic ring is 1. The maximum Gasteiger partial charge on any atom is 0.412 e. The molecule has 1 aliphatic rings. The van der Waals surface area contributed by atoms with Crippen molar-refractivity contribution in [2.24, 2.45) is 0 Å². The Morgan fingerprint density at radius 2 is 2.00 bits per heavy atom. The number of ether oxygens (including phenoxy) is 1. The molecule has 0 amide bonds. The third kappa shape index (κ3) is 4.31. The number of aromatic nitrogens is 4. The molecule has 156 valence electrons. The van der Waals surface area contributed by atoms with Crippen molar-refractivity contribution in [3.8, 4) is 0 Å². The van der Waals surface area contributed by atoms with Gasteiger partial charge in [-0.3, -0.25) is 18.9 Å². The van der Waals surface area contributed by atoms with Crippen LogP contribution in [0.1, 0.15) is 6.23 Å². The van der Waals surface area contributed by atoms with Crippen LogP contribution in [0.3, 0.4) is 0 Å². The molecule has 2 aromatic heterocycles. The molecule has 0 aliphatic carbocycles. The van der Waals surface area contributed by atoms with Gasteiger partial charge in [-0.1, -0.05) is 0 Å². The summed E-state index contributed by atoms with van der Waals surface area (Å²) < 4.78 is 33.3. The number of aliphatic hydroxyl groups is 2. The minimum atomic E-state index is -5.07. The normalized spacial score (nSPS) is 27.9. The summed E-state index contributed by atoms with van der Waals surface area (Å²) in [4.78, 5) is 49.6. The Morgan fingerprint density at radius 3 is 2.64 bits per heavy atom. The highest BCUT2D eigenvalue weighted by Crippen LogP contribution is 2.49. The van der Waals surface area contributed by atoms with E-state index < -0.39 is 52.2 Å². The van der Waals surface area contributed by atoms with Gasteiger partial charge in [0.15, 0.2) is 17.4 Å². The number of nitrogens with two attached hydrogens (primary N) is 1. The van der Waals surface area contributed by atoms with E-state index in [2.05, 4.69) is 19.5 Å². The van der Waals surface area contributed by atoms with E-state index in [1.165, 1.54) is 0 Å². The van der Waals surface area contributed by atoms with E-state index in [1.54, 1.807) is 0 Å². The van der Waals surface area contributed by atoms with Crippen molar-refractivity contribution in [2.45, 2.75) is 24.5 Å². The number of nitrogens with zero attached hydrogens (tertiary/aromatic N) is 3. The summed E-state index contributed by atoms with van der Waals surface area (Å²) >= 11 is 0. The Morgan fingerprint density at radius 1 is 1.32 bits per heavy atom. The number of rotatable bonds is 6. The average molecular weight is 442 g/mol. The van der Waals surface area contributed by atoms with Crippen molar-refractivity contribution in [3.05, 3.63) is 16.7 Å². The number of imidazole rings is 1. The molecular weight excluding hydrogens is 426 g/mol. The van der Waals surface area contributed by atoms with Crippen LogP contribution in [0.25, 0.3) is 11.2 Å². The van der Waals surface area contributed by atoms with Gasteiger partial charge in [-0.05, 0) is 0 Å². The highest BCUT2D eigenvalue weighted by molar-refractivity contribution is 7.66. The van der Waals surface area contributed by atoms with Crippen LogP contribution >= 0.6 is 15.5 Å². The van der Waals surface area contributed by atoms with Gasteiger partial charge in [-0.2, -0.15) is 4.98 Å². The molecule has 0 saturated carbocycles. The van der Waals surface area contributed by atoms with Crippen molar-refractivity contribution >= 4 is 32.6 Å². The monoisotopic (exact) mass is 442 g/mol. The molecular formula is C10H16N6O10P2. The molecule has 18 heteroatoms. The first kappa shape index (κ1) is 21.0. The van der Waals surface area contributed by atoms with Crippen LogP contribution in [0, 0.1) is 0 Å². The van der Waals surface area contributed by atoms with Gasteiger partial charge in [-0.25, -0.2) is 14.1 Å². The number of fused-ring (bicyclic) bond motifs is 1. The molecule has 2 unspecified atom stereocenters. The molecule has 0 bridgehead atoms. The largest absolute Gasteiger partial charge is 0.412 e. The fourth-order valence-corrected chi connectivity index (χ4v) is 4.49. The summed E-state index contributed by atoms with van der Waals surface area (Å²) in [5.41, 5.74) is 4.68. The van der Waals surface area contributed by atoms with Gasteiger partial charge >= 0.3 is 15.5 Å². The maximum atomic E-state index is 11.8. The zero-order valence-electron chi connectivity index (χ0n) is 13.7. The van der Waals surface area contributed by atoms with Gasteiger partial charge in [0.25, 0.3) is 5.56 Å². The first-order valence-electron chi connectivity index (χ1n) is 7.44. The van der Waals surface area contributed by atoms with Crippen molar-refractivity contribution in [1.29, 1.82) is 0 Å². The molecule has 0 aromatic carbocycles. The van der Waals surface area contributed by atoms with Crippen molar-refractivity contribution < 1.29 is 43.3 Å². The summed E-state index contributed by atoms with van der Waals surface area (Å²) in [6.07, 6.45) is -4.76. The Bertz CT molecular complexity index is 1030.